The van der Waals surface area contributed by atoms with E-state index in [1.807, 2.05) is 0 Å². The van der Waals surface area contributed by atoms with Crippen molar-refractivity contribution in [1.82, 2.24) is 0 Å². The van der Waals surface area contributed by atoms with Gasteiger partial charge in [0.15, 0.2) is 0 Å². The van der Waals surface area contributed by atoms with Gasteiger partial charge in [-0.25, -0.2) is 0 Å². The molecule has 0 heterocycles. The molecule has 1 rings (SSSR count). The van der Waals surface area contributed by atoms with Crippen molar-refractivity contribution in [2.24, 2.45) is 5.92 Å². The number of benzene rings is 1. The zero-order valence-electron chi connectivity index (χ0n) is 9.80. The first-order chi connectivity index (χ1) is 8.09. The van der Waals surface area contributed by atoms with Crippen LogP contribution < -0.4 is 0 Å². The highest BCUT2D eigenvalue weighted by atomic mass is 19.4. The molecule has 1 N–H and O–H groups in total. The first kappa shape index (κ1) is 14.9. The predicted octanol–water partition coefficient (Wildman–Crippen LogP) is 4.03. The van der Waals surface area contributed by atoms with Crippen LogP contribution in [0.2, 0.25) is 0 Å². The maximum absolute atomic E-state index is 13.3. The molecule has 0 bridgehead atoms. The molecule has 0 saturated carbocycles. The molecule has 1 aromatic rings. The Morgan fingerprint density at radius 1 is 1.00 bits per heavy atom. The zero-order valence-corrected chi connectivity index (χ0v) is 9.80. The molecular weight excluding hydrogens is 255 g/mol. The molecule has 0 radical (unpaired) electrons. The fourth-order valence-corrected chi connectivity index (χ4v) is 1.55. The third kappa shape index (κ3) is 2.63. The largest absolute Gasteiger partial charge is 0.458 e. The van der Waals surface area contributed by atoms with Gasteiger partial charge in [0.25, 0.3) is 0 Å². The van der Waals surface area contributed by atoms with Crippen LogP contribution in [0.15, 0.2) is 24.3 Å². The molecule has 0 aliphatic rings. The maximum Gasteiger partial charge on any atom is 0.458 e. The van der Waals surface area contributed by atoms with Crippen molar-refractivity contribution in [1.29, 1.82) is 0 Å². The van der Waals surface area contributed by atoms with E-state index >= 15 is 0 Å². The molecule has 0 amide bonds. The molecule has 1 atom stereocenters. The monoisotopic (exact) mass is 268 g/mol. The van der Waals surface area contributed by atoms with Gasteiger partial charge in [0, 0.05) is 5.56 Å². The van der Waals surface area contributed by atoms with Gasteiger partial charge in [0.05, 0.1) is 6.10 Å². The molecule has 6 heteroatoms. The summed E-state index contributed by atoms with van der Waals surface area (Å²) >= 11 is 0. The molecular formula is C12H13F5O. The Kier molecular flexibility index (Phi) is 4.00. The van der Waals surface area contributed by atoms with Crippen LogP contribution in [0, 0.1) is 5.92 Å². The lowest BCUT2D eigenvalue weighted by Crippen LogP contribution is -2.35. The van der Waals surface area contributed by atoms with Gasteiger partial charge < -0.3 is 5.11 Å². The molecule has 0 saturated heterocycles. The highest BCUT2D eigenvalue weighted by molar-refractivity contribution is 5.34. The summed E-state index contributed by atoms with van der Waals surface area (Å²) in [5, 5.41) is 9.71. The standard InChI is InChI=1S/C12H13F5O/c1-7(2)10(18)8-5-3-4-6-9(8)11(13,14)12(15,16)17/h3-7,10,18H,1-2H3. The fourth-order valence-electron chi connectivity index (χ4n) is 1.55. The van der Waals surface area contributed by atoms with Crippen molar-refractivity contribution in [2.75, 3.05) is 0 Å². The van der Waals surface area contributed by atoms with E-state index in [9.17, 15) is 27.1 Å². The Morgan fingerprint density at radius 2 is 1.50 bits per heavy atom. The summed E-state index contributed by atoms with van der Waals surface area (Å²) in [4.78, 5) is 0. The van der Waals surface area contributed by atoms with Crippen LogP contribution >= 0.6 is 0 Å². The number of hydrogen-bond acceptors (Lipinski definition) is 1. The van der Waals surface area contributed by atoms with Crippen molar-refractivity contribution >= 4 is 0 Å². The highest BCUT2D eigenvalue weighted by Crippen LogP contribution is 2.46. The number of aliphatic hydroxyl groups excluding tert-OH is 1. The van der Waals surface area contributed by atoms with Gasteiger partial charge >= 0.3 is 12.1 Å². The molecule has 0 aromatic heterocycles. The Bertz CT molecular complexity index is 411. The first-order valence-corrected chi connectivity index (χ1v) is 5.31. The van der Waals surface area contributed by atoms with E-state index in [0.29, 0.717) is 6.07 Å². The predicted molar refractivity (Wildman–Crippen MR) is 56.2 cm³/mol. The molecule has 18 heavy (non-hydrogen) atoms. The van der Waals surface area contributed by atoms with E-state index in [4.69, 9.17) is 0 Å². The van der Waals surface area contributed by atoms with Gasteiger partial charge in [-0.2, -0.15) is 22.0 Å². The minimum absolute atomic E-state index is 0.394. The molecule has 0 aliphatic carbocycles. The van der Waals surface area contributed by atoms with Crippen LogP contribution in [0.1, 0.15) is 31.1 Å². The second-order valence-corrected chi connectivity index (χ2v) is 4.35. The zero-order chi connectivity index (χ0) is 14.1. The lowest BCUT2D eigenvalue weighted by molar-refractivity contribution is -0.289. The van der Waals surface area contributed by atoms with Crippen LogP contribution in [0.5, 0.6) is 0 Å². The van der Waals surface area contributed by atoms with Crippen LogP contribution in [-0.4, -0.2) is 11.3 Å². The van der Waals surface area contributed by atoms with E-state index in [-0.39, 0.29) is 0 Å². The number of rotatable bonds is 3. The molecule has 1 nitrogen and oxygen atoms in total. The molecule has 0 fully saturated rings. The Morgan fingerprint density at radius 3 is 1.94 bits per heavy atom. The van der Waals surface area contributed by atoms with Crippen molar-refractivity contribution in [3.63, 3.8) is 0 Å². The van der Waals surface area contributed by atoms with E-state index < -0.39 is 35.2 Å². The van der Waals surface area contributed by atoms with Crippen LogP contribution in [0.25, 0.3) is 0 Å². The molecule has 102 valence electrons. The van der Waals surface area contributed by atoms with E-state index in [1.54, 1.807) is 0 Å². The average molecular weight is 268 g/mol. The van der Waals surface area contributed by atoms with E-state index in [1.165, 1.54) is 19.9 Å². The summed E-state index contributed by atoms with van der Waals surface area (Å²) in [6.45, 7) is 3.07. The summed E-state index contributed by atoms with van der Waals surface area (Å²) in [5.74, 6) is -5.44. The van der Waals surface area contributed by atoms with E-state index in [2.05, 4.69) is 0 Å². The summed E-state index contributed by atoms with van der Waals surface area (Å²) in [7, 11) is 0. The minimum Gasteiger partial charge on any atom is -0.388 e. The molecule has 1 unspecified atom stereocenters. The third-order valence-electron chi connectivity index (χ3n) is 2.61. The van der Waals surface area contributed by atoms with Crippen LogP contribution in [-0.2, 0) is 5.92 Å². The van der Waals surface area contributed by atoms with Crippen LogP contribution in [0.4, 0.5) is 22.0 Å². The first-order valence-electron chi connectivity index (χ1n) is 5.31. The van der Waals surface area contributed by atoms with E-state index in [0.717, 1.165) is 12.1 Å². The summed E-state index contributed by atoms with van der Waals surface area (Å²) in [6, 6.07) is 4.18. The minimum atomic E-state index is -5.68. The van der Waals surface area contributed by atoms with Gasteiger partial charge in [-0.1, -0.05) is 38.1 Å². The van der Waals surface area contributed by atoms with Crippen molar-refractivity contribution in [3.8, 4) is 0 Å². The van der Waals surface area contributed by atoms with Gasteiger partial charge in [-0.05, 0) is 11.5 Å². The Labute approximate surface area is 101 Å². The second kappa shape index (κ2) is 4.84. The summed E-state index contributed by atoms with van der Waals surface area (Å²) in [6.07, 6.45) is -7.05. The number of hydrogen-bond donors (Lipinski definition) is 1. The average Bonchev–Trinajstić information content (AvgIpc) is 2.26. The molecule has 1 aromatic carbocycles. The maximum atomic E-state index is 13.3. The normalized spacial score (nSPS) is 14.9. The van der Waals surface area contributed by atoms with Gasteiger partial charge in [-0.3, -0.25) is 0 Å². The quantitative estimate of drug-likeness (QED) is 0.820. The van der Waals surface area contributed by atoms with Crippen molar-refractivity contribution in [3.05, 3.63) is 35.4 Å². The van der Waals surface area contributed by atoms with Crippen molar-refractivity contribution < 1.29 is 27.1 Å². The SMILES string of the molecule is CC(C)C(O)c1ccccc1C(F)(F)C(F)(F)F. The second-order valence-electron chi connectivity index (χ2n) is 4.35. The van der Waals surface area contributed by atoms with Crippen LogP contribution in [0.3, 0.4) is 0 Å². The third-order valence-corrected chi connectivity index (χ3v) is 2.61. The lowest BCUT2D eigenvalue weighted by Gasteiger charge is -2.25. The smallest absolute Gasteiger partial charge is 0.388 e. The highest BCUT2D eigenvalue weighted by Gasteiger charge is 2.59. The molecule has 0 aliphatic heterocycles. The number of aliphatic hydroxyl groups is 1. The number of halogens is 5. The topological polar surface area (TPSA) is 20.2 Å². The molecule has 0 spiro atoms. The number of alkyl halides is 5. The van der Waals surface area contributed by atoms with Gasteiger partial charge in [0.1, 0.15) is 0 Å². The van der Waals surface area contributed by atoms with Crippen molar-refractivity contribution in [2.45, 2.75) is 32.1 Å². The Hall–Kier alpha value is -1.17. The summed E-state index contributed by atoms with van der Waals surface area (Å²) in [5.41, 5.74) is -1.59. The summed E-state index contributed by atoms with van der Waals surface area (Å²) < 4.78 is 63.6. The fraction of sp³-hybridized carbons (Fsp3) is 0.500. The van der Waals surface area contributed by atoms with Gasteiger partial charge in [-0.15, -0.1) is 0 Å². The van der Waals surface area contributed by atoms with Gasteiger partial charge in [0.2, 0.25) is 0 Å². The lowest BCUT2D eigenvalue weighted by atomic mass is 9.91. The Balaban J connectivity index is 3.34.